The van der Waals surface area contributed by atoms with Crippen LogP contribution in [0, 0.1) is 17.8 Å². The van der Waals surface area contributed by atoms with E-state index in [1.54, 1.807) is 5.57 Å². The van der Waals surface area contributed by atoms with E-state index in [0.717, 1.165) is 17.8 Å². The van der Waals surface area contributed by atoms with Crippen LogP contribution < -0.4 is 0 Å². The molecule has 0 saturated heterocycles. The normalized spacial score (nSPS) is 55.9. The van der Waals surface area contributed by atoms with Gasteiger partial charge in [-0.1, -0.05) is 11.1 Å². The minimum absolute atomic E-state index is 1.11. The van der Waals surface area contributed by atoms with Gasteiger partial charge in [-0.3, -0.25) is 0 Å². The molecule has 8 heavy (non-hydrogen) atoms. The largest absolute Gasteiger partial charge is 0.0698 e. The van der Waals surface area contributed by atoms with E-state index in [0.29, 0.717) is 0 Å². The quantitative estimate of drug-likeness (QED) is 0.414. The fraction of sp³-hybridized carbons (Fsp3) is 0.750. The van der Waals surface area contributed by atoms with Crippen molar-refractivity contribution in [3.8, 4) is 0 Å². The third kappa shape index (κ3) is 0.180. The number of hydrogen-bond donors (Lipinski definition) is 0. The molecule has 0 heterocycles. The van der Waals surface area contributed by atoms with Gasteiger partial charge in [0.15, 0.2) is 0 Å². The van der Waals surface area contributed by atoms with Gasteiger partial charge in [0.05, 0.1) is 0 Å². The lowest BCUT2D eigenvalue weighted by atomic mass is 9.86. The molecule has 0 N–H and O–H groups in total. The van der Waals surface area contributed by atoms with E-state index < -0.39 is 0 Å². The minimum Gasteiger partial charge on any atom is -0.0698 e. The van der Waals surface area contributed by atoms with Crippen molar-refractivity contribution in [1.82, 2.24) is 0 Å². The highest BCUT2D eigenvalue weighted by molar-refractivity contribution is 5.46. The summed E-state index contributed by atoms with van der Waals surface area (Å²) in [7, 11) is 0. The fourth-order valence-electron chi connectivity index (χ4n) is 2.87. The van der Waals surface area contributed by atoms with Gasteiger partial charge in [-0.15, -0.1) is 0 Å². The van der Waals surface area contributed by atoms with Crippen molar-refractivity contribution < 1.29 is 0 Å². The van der Waals surface area contributed by atoms with E-state index in [-0.39, 0.29) is 0 Å². The second-order valence-corrected chi connectivity index (χ2v) is 3.46. The summed E-state index contributed by atoms with van der Waals surface area (Å²) in [5.41, 5.74) is 3.62. The SMILES string of the molecule is CC1=C2CCC3C1C23. The van der Waals surface area contributed by atoms with Gasteiger partial charge in [0, 0.05) is 0 Å². The summed E-state index contributed by atoms with van der Waals surface area (Å²) in [6, 6.07) is 0. The van der Waals surface area contributed by atoms with Crippen LogP contribution in [-0.4, -0.2) is 0 Å². The van der Waals surface area contributed by atoms with Crippen LogP contribution >= 0.6 is 0 Å². The Morgan fingerprint density at radius 1 is 1.38 bits per heavy atom. The van der Waals surface area contributed by atoms with E-state index in [1.165, 1.54) is 12.8 Å². The first-order valence-corrected chi connectivity index (χ1v) is 3.59. The van der Waals surface area contributed by atoms with Crippen LogP contribution in [0.15, 0.2) is 11.1 Å². The Hall–Kier alpha value is -0.260. The van der Waals surface area contributed by atoms with Crippen LogP contribution in [0.1, 0.15) is 19.8 Å². The monoisotopic (exact) mass is 106 g/mol. The van der Waals surface area contributed by atoms with Gasteiger partial charge < -0.3 is 0 Å². The molecule has 0 bridgehead atoms. The lowest BCUT2D eigenvalue weighted by Gasteiger charge is -2.19. The van der Waals surface area contributed by atoms with Gasteiger partial charge in [0.25, 0.3) is 0 Å². The molecule has 0 radical (unpaired) electrons. The topological polar surface area (TPSA) is 0 Å². The lowest BCUT2D eigenvalue weighted by molar-refractivity contribution is 0.642. The van der Waals surface area contributed by atoms with Crippen LogP contribution in [0.2, 0.25) is 0 Å². The first-order valence-electron chi connectivity index (χ1n) is 3.59. The molecule has 3 aliphatic carbocycles. The first kappa shape index (κ1) is 3.71. The Bertz CT molecular complexity index is 184. The molecular weight excluding hydrogens is 96.1 g/mol. The van der Waals surface area contributed by atoms with Crippen LogP contribution in [-0.2, 0) is 0 Å². The standard InChI is InChI=1S/C8H10/c1-4-5-2-3-6-7(4)8(5)6/h6-8H,2-3H2,1H3. The molecule has 42 valence electrons. The van der Waals surface area contributed by atoms with Gasteiger partial charge in [-0.2, -0.15) is 0 Å². The average Bonchev–Trinajstić information content (AvgIpc) is 2.30. The van der Waals surface area contributed by atoms with Gasteiger partial charge >= 0.3 is 0 Å². The van der Waals surface area contributed by atoms with Crippen molar-refractivity contribution >= 4 is 0 Å². The zero-order valence-electron chi connectivity index (χ0n) is 5.15. The zero-order chi connectivity index (χ0) is 5.30. The van der Waals surface area contributed by atoms with Crippen LogP contribution in [0.3, 0.4) is 0 Å². The average molecular weight is 106 g/mol. The van der Waals surface area contributed by atoms with Crippen molar-refractivity contribution in [2.45, 2.75) is 19.8 Å². The summed E-state index contributed by atoms with van der Waals surface area (Å²) in [6.07, 6.45) is 2.99. The number of allylic oxidation sites excluding steroid dienone is 2. The van der Waals surface area contributed by atoms with Crippen molar-refractivity contribution in [2.24, 2.45) is 17.8 Å². The van der Waals surface area contributed by atoms with Crippen molar-refractivity contribution in [2.75, 3.05) is 0 Å². The summed E-state index contributed by atoms with van der Waals surface area (Å²) in [5, 5.41) is 0. The minimum atomic E-state index is 1.11. The van der Waals surface area contributed by atoms with Gasteiger partial charge in [-0.05, 0) is 37.5 Å². The Morgan fingerprint density at radius 3 is 2.50 bits per heavy atom. The van der Waals surface area contributed by atoms with Gasteiger partial charge in [0.1, 0.15) is 0 Å². The maximum atomic E-state index is 2.33. The Kier molecular flexibility index (Phi) is 0.367. The number of rotatable bonds is 0. The summed E-state index contributed by atoms with van der Waals surface area (Å²) >= 11 is 0. The fourth-order valence-corrected chi connectivity index (χ4v) is 2.87. The molecule has 0 aromatic rings. The molecule has 0 amide bonds. The Labute approximate surface area is 49.6 Å². The second-order valence-electron chi connectivity index (χ2n) is 3.46. The zero-order valence-corrected chi connectivity index (χ0v) is 5.15. The lowest BCUT2D eigenvalue weighted by Crippen LogP contribution is -2.05. The predicted molar refractivity (Wildman–Crippen MR) is 32.4 cm³/mol. The van der Waals surface area contributed by atoms with Crippen LogP contribution in [0.5, 0.6) is 0 Å². The van der Waals surface area contributed by atoms with E-state index in [9.17, 15) is 0 Å². The molecule has 3 rings (SSSR count). The molecular formula is C8H10. The molecule has 0 aromatic carbocycles. The molecule has 0 aliphatic heterocycles. The van der Waals surface area contributed by atoms with Crippen molar-refractivity contribution in [3.63, 3.8) is 0 Å². The van der Waals surface area contributed by atoms with E-state index in [4.69, 9.17) is 0 Å². The predicted octanol–water partition coefficient (Wildman–Crippen LogP) is 1.97. The first-order chi connectivity index (χ1) is 3.89. The van der Waals surface area contributed by atoms with E-state index in [1.807, 2.05) is 5.57 Å². The van der Waals surface area contributed by atoms with Gasteiger partial charge in [0.2, 0.25) is 0 Å². The van der Waals surface area contributed by atoms with Crippen molar-refractivity contribution in [1.29, 1.82) is 0 Å². The highest BCUT2D eigenvalue weighted by atomic mass is 14.7. The molecule has 0 heteroatoms. The number of hydrogen-bond acceptors (Lipinski definition) is 0. The molecule has 0 spiro atoms. The third-order valence-corrected chi connectivity index (χ3v) is 3.32. The Morgan fingerprint density at radius 2 is 2.25 bits per heavy atom. The van der Waals surface area contributed by atoms with Crippen molar-refractivity contribution in [3.05, 3.63) is 11.1 Å². The molecule has 2 fully saturated rings. The molecule has 2 saturated carbocycles. The molecule has 3 unspecified atom stereocenters. The highest BCUT2D eigenvalue weighted by Crippen LogP contribution is 2.72. The maximum Gasteiger partial charge on any atom is -0.00976 e. The Balaban J connectivity index is 2.21. The molecule has 0 aromatic heterocycles. The summed E-state index contributed by atoms with van der Waals surface area (Å²) < 4.78 is 0. The summed E-state index contributed by atoms with van der Waals surface area (Å²) in [4.78, 5) is 0. The van der Waals surface area contributed by atoms with E-state index >= 15 is 0 Å². The maximum absolute atomic E-state index is 2.33. The molecule has 0 nitrogen and oxygen atoms in total. The van der Waals surface area contributed by atoms with Crippen LogP contribution in [0.25, 0.3) is 0 Å². The second kappa shape index (κ2) is 0.792. The highest BCUT2D eigenvalue weighted by Gasteiger charge is 2.63. The number of fused-ring (bicyclic) bond motifs is 1. The van der Waals surface area contributed by atoms with Crippen LogP contribution in [0.4, 0.5) is 0 Å². The third-order valence-electron chi connectivity index (χ3n) is 3.32. The molecule has 3 atom stereocenters. The van der Waals surface area contributed by atoms with Gasteiger partial charge in [-0.25, -0.2) is 0 Å². The van der Waals surface area contributed by atoms with E-state index in [2.05, 4.69) is 6.92 Å². The summed E-state index contributed by atoms with van der Waals surface area (Å²) in [5.74, 6) is 3.40. The smallest absolute Gasteiger partial charge is 0.00976 e. The molecule has 3 aliphatic rings. The summed E-state index contributed by atoms with van der Waals surface area (Å²) in [6.45, 7) is 2.33.